The van der Waals surface area contributed by atoms with Crippen LogP contribution < -0.4 is 0 Å². The van der Waals surface area contributed by atoms with Crippen LogP contribution >= 0.6 is 0 Å². The number of nitrogens with zero attached hydrogens (tertiary/aromatic N) is 6. The second kappa shape index (κ2) is 10.1. The molecule has 8 bridgehead atoms. The summed E-state index contributed by atoms with van der Waals surface area (Å²) in [5.41, 5.74) is 6.45. The van der Waals surface area contributed by atoms with Gasteiger partial charge in [-0.05, 0) is 0 Å². The van der Waals surface area contributed by atoms with Crippen molar-refractivity contribution in [2.75, 3.05) is 0 Å². The number of benzene rings is 4. The van der Waals surface area contributed by atoms with Crippen molar-refractivity contribution in [3.8, 4) is 45.6 Å². The van der Waals surface area contributed by atoms with Crippen LogP contribution in [0.3, 0.4) is 0 Å². The molecule has 2 aliphatic rings. The smallest absolute Gasteiger partial charge is 0.164 e. The van der Waals surface area contributed by atoms with E-state index in [0.717, 1.165) is 43.8 Å². The molecular formula is C32H18CuN8Ti. The van der Waals surface area contributed by atoms with Crippen LogP contribution in [-0.4, -0.2) is 39.9 Å². The zero-order chi connectivity index (χ0) is 26.2. The maximum atomic E-state index is 5.02. The first-order chi connectivity index (χ1) is 19.8. The third-order valence-electron chi connectivity index (χ3n) is 7.46. The molecule has 0 atom stereocenters. The van der Waals surface area contributed by atoms with Crippen LogP contribution in [-0.2, 0) is 38.8 Å². The molecule has 0 amide bonds. The molecular weight excluding hydrogens is 608 g/mol. The van der Waals surface area contributed by atoms with Crippen molar-refractivity contribution in [2.24, 2.45) is 0 Å². The molecule has 42 heavy (non-hydrogen) atoms. The second-order valence-electron chi connectivity index (χ2n) is 9.79. The van der Waals surface area contributed by atoms with E-state index in [4.69, 9.17) is 29.9 Å². The quantitative estimate of drug-likeness (QED) is 0.178. The molecule has 2 N–H and O–H groups in total. The van der Waals surface area contributed by atoms with E-state index in [2.05, 4.69) is 9.97 Å². The molecule has 7 aromatic rings. The van der Waals surface area contributed by atoms with Gasteiger partial charge in [-0.1, -0.05) is 97.1 Å². The standard InChI is InChI=1S/C32H18N8.Cu.Ti/c1-2-10-18-17(9-1)25-33-26(18)38-28-21-13-5-6-14-22(21)30(35-28)40-32-24-16-8-7-15-23(24)31(36-32)39-29-20-12-4-3-11-19(20)27(34-29)37-25;;/h1-16H,(H2,33,34,35,36,37,38,39,40);;. The summed E-state index contributed by atoms with van der Waals surface area (Å²) in [5, 5.41) is 3.82. The molecule has 3 aromatic heterocycles. The van der Waals surface area contributed by atoms with Gasteiger partial charge in [0.05, 0.1) is 0 Å². The summed E-state index contributed by atoms with van der Waals surface area (Å²) in [7, 11) is 0. The van der Waals surface area contributed by atoms with Crippen LogP contribution in [0.25, 0.3) is 89.7 Å². The Kier molecular flexibility index (Phi) is 6.33. The van der Waals surface area contributed by atoms with Gasteiger partial charge in [0.1, 0.15) is 22.6 Å². The predicted octanol–water partition coefficient (Wildman–Crippen LogP) is 6.86. The Hall–Kier alpha value is -4.53. The topological polar surface area (TPSA) is 109 Å². The largest absolute Gasteiger partial charge is 0.324 e. The van der Waals surface area contributed by atoms with Crippen molar-refractivity contribution in [1.82, 2.24) is 39.9 Å². The van der Waals surface area contributed by atoms with Crippen molar-refractivity contribution >= 4 is 44.1 Å². The van der Waals surface area contributed by atoms with E-state index in [1.165, 1.54) is 0 Å². The second-order valence-corrected chi connectivity index (χ2v) is 9.79. The van der Waals surface area contributed by atoms with Crippen LogP contribution in [0.1, 0.15) is 0 Å². The summed E-state index contributed by atoms with van der Waals surface area (Å²) < 4.78 is 0. The minimum Gasteiger partial charge on any atom is -0.324 e. The molecule has 5 heterocycles. The molecule has 0 unspecified atom stereocenters. The molecule has 9 rings (SSSR count). The van der Waals surface area contributed by atoms with Gasteiger partial charge in [-0.3, -0.25) is 0 Å². The zero-order valence-corrected chi connectivity index (χ0v) is 24.2. The van der Waals surface area contributed by atoms with E-state index in [0.29, 0.717) is 45.9 Å². The average Bonchev–Trinajstić information content (AvgIpc) is 3.73. The number of rotatable bonds is 0. The molecule has 4 aromatic carbocycles. The first kappa shape index (κ1) is 26.4. The molecule has 0 fully saturated rings. The van der Waals surface area contributed by atoms with E-state index >= 15 is 0 Å². The number of H-pyrrole nitrogens is 2. The molecule has 201 valence electrons. The van der Waals surface area contributed by atoms with Gasteiger partial charge < -0.3 is 9.97 Å². The molecule has 8 nitrogen and oxygen atoms in total. The van der Waals surface area contributed by atoms with Crippen LogP contribution in [0, 0.1) is 0 Å². The Bertz CT molecular complexity index is 2040. The molecule has 0 saturated carbocycles. The van der Waals surface area contributed by atoms with E-state index in [9.17, 15) is 0 Å². The molecule has 0 saturated heterocycles. The van der Waals surface area contributed by atoms with Crippen molar-refractivity contribution in [2.45, 2.75) is 0 Å². The van der Waals surface area contributed by atoms with E-state index in [1.54, 1.807) is 0 Å². The fraction of sp³-hybridized carbons (Fsp3) is 0. The summed E-state index contributed by atoms with van der Waals surface area (Å²) in [4.78, 5) is 36.8. The number of hydrogen-bond donors (Lipinski definition) is 2. The molecule has 10 heteroatoms. The Morgan fingerprint density at radius 1 is 0.333 bits per heavy atom. The minimum atomic E-state index is 0. The number of hydrogen-bond acceptors (Lipinski definition) is 6. The summed E-state index contributed by atoms with van der Waals surface area (Å²) >= 11 is 0. The minimum absolute atomic E-state index is 0. The SMILES string of the molecule is [Cu].[Ti].c1ccc2c(c1)-c1nc-2nc2[nH]c(nc3nc(nc4[nH]c(n1)c1ccccc41)-c1ccccc1-3)c1ccccc21. The summed E-state index contributed by atoms with van der Waals surface area (Å²) in [6.07, 6.45) is 0. The van der Waals surface area contributed by atoms with E-state index < -0.39 is 0 Å². The normalized spacial score (nSPS) is 11.4. The number of aromatic amines is 2. The summed E-state index contributed by atoms with van der Waals surface area (Å²) in [6, 6.07) is 32.2. The first-order valence-corrected chi connectivity index (χ1v) is 13.0. The van der Waals surface area contributed by atoms with Gasteiger partial charge in [-0.25, -0.2) is 29.9 Å². The zero-order valence-electron chi connectivity index (χ0n) is 21.7. The van der Waals surface area contributed by atoms with Gasteiger partial charge in [0.2, 0.25) is 0 Å². The summed E-state index contributed by atoms with van der Waals surface area (Å²) in [6.45, 7) is 0. The Morgan fingerprint density at radius 2 is 0.571 bits per heavy atom. The average molecular weight is 626 g/mol. The van der Waals surface area contributed by atoms with Gasteiger partial charge in [0, 0.05) is 82.6 Å². The van der Waals surface area contributed by atoms with Crippen LogP contribution in [0.4, 0.5) is 0 Å². The van der Waals surface area contributed by atoms with Gasteiger partial charge >= 0.3 is 0 Å². The third-order valence-corrected chi connectivity index (χ3v) is 7.46. The van der Waals surface area contributed by atoms with Crippen molar-refractivity contribution in [3.05, 3.63) is 97.1 Å². The van der Waals surface area contributed by atoms with Crippen LogP contribution in [0.2, 0.25) is 0 Å². The number of aromatic nitrogens is 8. The maximum absolute atomic E-state index is 5.02. The summed E-state index contributed by atoms with van der Waals surface area (Å²) in [5.74, 6) is 2.39. The molecule has 0 aliphatic carbocycles. The Morgan fingerprint density at radius 3 is 0.833 bits per heavy atom. The molecule has 2 aliphatic heterocycles. The van der Waals surface area contributed by atoms with Crippen molar-refractivity contribution in [3.63, 3.8) is 0 Å². The number of nitrogens with one attached hydrogen (secondary N) is 2. The third kappa shape index (κ3) is 3.94. The predicted molar refractivity (Wildman–Crippen MR) is 156 cm³/mol. The maximum Gasteiger partial charge on any atom is 0.164 e. The number of fused-ring (bicyclic) bond motifs is 20. The molecule has 1 radical (unpaired) electrons. The van der Waals surface area contributed by atoms with Crippen LogP contribution in [0.15, 0.2) is 97.1 Å². The fourth-order valence-corrected chi connectivity index (χ4v) is 5.59. The Balaban J connectivity index is 0.00000144. The van der Waals surface area contributed by atoms with Crippen molar-refractivity contribution < 1.29 is 38.8 Å². The Labute approximate surface area is 264 Å². The van der Waals surface area contributed by atoms with Gasteiger partial charge in [0.25, 0.3) is 0 Å². The van der Waals surface area contributed by atoms with Crippen molar-refractivity contribution in [1.29, 1.82) is 0 Å². The van der Waals surface area contributed by atoms with Gasteiger partial charge in [0.15, 0.2) is 23.3 Å². The van der Waals surface area contributed by atoms with Gasteiger partial charge in [-0.2, -0.15) is 0 Å². The molecule has 0 spiro atoms. The van der Waals surface area contributed by atoms with E-state index in [-0.39, 0.29) is 38.8 Å². The fourth-order valence-electron chi connectivity index (χ4n) is 5.59. The van der Waals surface area contributed by atoms with E-state index in [1.807, 2.05) is 97.1 Å². The monoisotopic (exact) mass is 625 g/mol. The van der Waals surface area contributed by atoms with Crippen LogP contribution in [0.5, 0.6) is 0 Å². The van der Waals surface area contributed by atoms with Gasteiger partial charge in [-0.15, -0.1) is 0 Å². The first-order valence-electron chi connectivity index (χ1n) is 13.0.